The molecular weight excluding hydrogens is 320 g/mol. The first kappa shape index (κ1) is 14.9. The van der Waals surface area contributed by atoms with Crippen LogP contribution in [0.3, 0.4) is 0 Å². The van der Waals surface area contributed by atoms with Gasteiger partial charge in [0, 0.05) is 12.0 Å². The van der Waals surface area contributed by atoms with Crippen molar-refractivity contribution in [2.24, 2.45) is 0 Å². The van der Waals surface area contributed by atoms with E-state index in [0.29, 0.717) is 6.42 Å². The summed E-state index contributed by atoms with van der Waals surface area (Å²) in [7, 11) is 0. The van der Waals surface area contributed by atoms with Gasteiger partial charge in [0.1, 0.15) is 15.8 Å². The summed E-state index contributed by atoms with van der Waals surface area (Å²) in [5, 5.41) is 4.65. The van der Waals surface area contributed by atoms with Gasteiger partial charge in [-0.25, -0.2) is 4.98 Å². The Morgan fingerprint density at radius 1 is 1.17 bits per heavy atom. The topological polar surface area (TPSA) is 51.2 Å². The molecule has 0 saturated heterocycles. The minimum atomic E-state index is -0.482. The minimum absolute atomic E-state index is 0.127. The molecule has 0 fully saturated rings. The van der Waals surface area contributed by atoms with Crippen molar-refractivity contribution >= 4 is 22.2 Å². The molecule has 1 aliphatic heterocycles. The Hall–Kier alpha value is -2.66. The van der Waals surface area contributed by atoms with Gasteiger partial charge in [0.25, 0.3) is 5.91 Å². The van der Waals surface area contributed by atoms with Crippen LogP contribution in [0.15, 0.2) is 54.6 Å². The van der Waals surface area contributed by atoms with Crippen LogP contribution in [0.2, 0.25) is 0 Å². The molecule has 0 bridgehead atoms. The summed E-state index contributed by atoms with van der Waals surface area (Å²) in [6, 6.07) is 17.7. The molecule has 4 rings (SSSR count). The fourth-order valence-corrected chi connectivity index (χ4v) is 3.71. The first-order valence-corrected chi connectivity index (χ1v) is 8.60. The van der Waals surface area contributed by atoms with Crippen LogP contribution in [0, 0.1) is 6.92 Å². The largest absolute Gasteiger partial charge is 0.480 e. The predicted octanol–water partition coefficient (Wildman–Crippen LogP) is 4.06. The van der Waals surface area contributed by atoms with Crippen LogP contribution in [0.5, 0.6) is 5.75 Å². The van der Waals surface area contributed by atoms with Gasteiger partial charge in [-0.1, -0.05) is 59.9 Å². The summed E-state index contributed by atoms with van der Waals surface area (Å²) in [5.41, 5.74) is 2.95. The van der Waals surface area contributed by atoms with Crippen LogP contribution < -0.4 is 10.1 Å². The number of nitrogens with zero attached hydrogens (tertiary/aromatic N) is 1. The molecule has 2 aromatic carbocycles. The number of aromatic nitrogens is 1. The number of aryl methyl sites for hydroxylation is 1. The molecule has 24 heavy (non-hydrogen) atoms. The van der Waals surface area contributed by atoms with Gasteiger partial charge >= 0.3 is 0 Å². The Kier molecular flexibility index (Phi) is 3.78. The van der Waals surface area contributed by atoms with Gasteiger partial charge in [0.15, 0.2) is 6.10 Å². The van der Waals surface area contributed by atoms with E-state index in [9.17, 15) is 4.79 Å². The van der Waals surface area contributed by atoms with Crippen LogP contribution in [0.25, 0.3) is 10.6 Å². The smallest absolute Gasteiger partial charge is 0.266 e. The van der Waals surface area contributed by atoms with E-state index in [1.165, 1.54) is 11.3 Å². The van der Waals surface area contributed by atoms with Crippen molar-refractivity contribution < 1.29 is 9.53 Å². The number of ether oxygens (including phenoxy) is 1. The van der Waals surface area contributed by atoms with Crippen LogP contribution in [-0.4, -0.2) is 17.0 Å². The Bertz CT molecular complexity index is 864. The molecule has 1 atom stereocenters. The number of thiazole rings is 1. The van der Waals surface area contributed by atoms with Crippen molar-refractivity contribution in [2.75, 3.05) is 5.32 Å². The van der Waals surface area contributed by atoms with Gasteiger partial charge in [-0.2, -0.15) is 0 Å². The minimum Gasteiger partial charge on any atom is -0.480 e. The lowest BCUT2D eigenvalue weighted by Gasteiger charge is -2.10. The average Bonchev–Trinajstić information content (AvgIpc) is 3.20. The Balaban J connectivity index is 1.50. The Morgan fingerprint density at radius 2 is 1.92 bits per heavy atom. The van der Waals surface area contributed by atoms with Crippen molar-refractivity contribution in [3.05, 3.63) is 65.9 Å². The first-order chi connectivity index (χ1) is 11.7. The zero-order valence-electron chi connectivity index (χ0n) is 13.2. The molecule has 0 saturated carbocycles. The molecule has 2 heterocycles. The summed E-state index contributed by atoms with van der Waals surface area (Å²) in [4.78, 5) is 17.1. The maximum Gasteiger partial charge on any atom is 0.266 e. The highest BCUT2D eigenvalue weighted by Gasteiger charge is 2.29. The number of nitrogens with one attached hydrogen (secondary N) is 1. The fraction of sp³-hybridized carbons (Fsp3) is 0.158. The molecule has 1 unspecified atom stereocenters. The number of carbonyl (C=O) groups excluding carboxylic acids is 1. The maximum atomic E-state index is 12.5. The van der Waals surface area contributed by atoms with Crippen LogP contribution in [-0.2, 0) is 11.2 Å². The first-order valence-electron chi connectivity index (χ1n) is 7.79. The molecule has 1 amide bonds. The lowest BCUT2D eigenvalue weighted by Crippen LogP contribution is -2.31. The van der Waals surface area contributed by atoms with E-state index in [4.69, 9.17) is 4.74 Å². The highest BCUT2D eigenvalue weighted by molar-refractivity contribution is 7.19. The number of rotatable bonds is 3. The second kappa shape index (κ2) is 6.09. The zero-order valence-corrected chi connectivity index (χ0v) is 14.0. The number of amides is 1. The normalized spacial score (nSPS) is 15.6. The molecule has 5 heteroatoms. The zero-order chi connectivity index (χ0) is 16.5. The van der Waals surface area contributed by atoms with Crippen molar-refractivity contribution in [2.45, 2.75) is 19.4 Å². The maximum absolute atomic E-state index is 12.5. The summed E-state index contributed by atoms with van der Waals surface area (Å²) in [5.74, 6) is 0.668. The lowest BCUT2D eigenvalue weighted by molar-refractivity contribution is -0.122. The van der Waals surface area contributed by atoms with E-state index in [0.717, 1.165) is 32.6 Å². The number of anilines is 1. The monoisotopic (exact) mass is 336 g/mol. The molecule has 1 aromatic heterocycles. The number of hydrogen-bond donors (Lipinski definition) is 1. The quantitative estimate of drug-likeness (QED) is 0.785. The summed E-state index contributed by atoms with van der Waals surface area (Å²) in [6.07, 6.45) is 0.120. The number of hydrogen-bond acceptors (Lipinski definition) is 4. The average molecular weight is 336 g/mol. The lowest BCUT2D eigenvalue weighted by atomic mass is 10.1. The van der Waals surface area contributed by atoms with Crippen molar-refractivity contribution in [3.63, 3.8) is 0 Å². The molecule has 4 nitrogen and oxygen atoms in total. The summed E-state index contributed by atoms with van der Waals surface area (Å²) in [6.45, 7) is 1.91. The SMILES string of the molecule is Cc1nc(-c2ccccc2)sc1NC(=O)C1Cc2ccccc2O1. The number of para-hydroxylation sites is 1. The van der Waals surface area contributed by atoms with E-state index in [1.807, 2.05) is 61.5 Å². The van der Waals surface area contributed by atoms with Gasteiger partial charge in [-0.05, 0) is 18.6 Å². The third kappa shape index (κ3) is 2.78. The van der Waals surface area contributed by atoms with Gasteiger partial charge in [0.2, 0.25) is 0 Å². The van der Waals surface area contributed by atoms with Crippen molar-refractivity contribution in [3.8, 4) is 16.3 Å². The van der Waals surface area contributed by atoms with Crippen molar-refractivity contribution in [1.29, 1.82) is 0 Å². The molecule has 120 valence electrons. The molecule has 0 aliphatic carbocycles. The third-order valence-corrected chi connectivity index (χ3v) is 5.12. The van der Waals surface area contributed by atoms with Gasteiger partial charge < -0.3 is 10.1 Å². The number of fused-ring (bicyclic) bond motifs is 1. The molecule has 0 spiro atoms. The van der Waals surface area contributed by atoms with E-state index >= 15 is 0 Å². The second-order valence-corrected chi connectivity index (χ2v) is 6.71. The van der Waals surface area contributed by atoms with E-state index in [-0.39, 0.29) is 5.91 Å². The molecular formula is C19H16N2O2S. The highest BCUT2D eigenvalue weighted by atomic mass is 32.1. The second-order valence-electron chi connectivity index (χ2n) is 5.71. The standard InChI is InChI=1S/C19H16N2O2S/c1-12-18(24-19(20-12)13-7-3-2-4-8-13)21-17(22)16-11-14-9-5-6-10-15(14)23-16/h2-10,16H,11H2,1H3,(H,21,22). The fourth-order valence-electron chi connectivity index (χ4n) is 2.74. The Morgan fingerprint density at radius 3 is 2.71 bits per heavy atom. The van der Waals surface area contributed by atoms with Gasteiger partial charge in [0.05, 0.1) is 5.69 Å². The van der Waals surface area contributed by atoms with Crippen LogP contribution in [0.1, 0.15) is 11.3 Å². The molecule has 1 N–H and O–H groups in total. The third-order valence-electron chi connectivity index (χ3n) is 3.99. The number of benzene rings is 2. The highest BCUT2D eigenvalue weighted by Crippen LogP contribution is 2.33. The number of carbonyl (C=O) groups is 1. The summed E-state index contributed by atoms with van der Waals surface area (Å²) < 4.78 is 5.74. The van der Waals surface area contributed by atoms with E-state index in [1.54, 1.807) is 0 Å². The van der Waals surface area contributed by atoms with Gasteiger partial charge in [-0.3, -0.25) is 4.79 Å². The van der Waals surface area contributed by atoms with Crippen molar-refractivity contribution in [1.82, 2.24) is 4.98 Å². The predicted molar refractivity (Wildman–Crippen MR) is 95.5 cm³/mol. The van der Waals surface area contributed by atoms with Gasteiger partial charge in [-0.15, -0.1) is 0 Å². The van der Waals surface area contributed by atoms with Crippen LogP contribution in [0.4, 0.5) is 5.00 Å². The molecule has 3 aromatic rings. The van der Waals surface area contributed by atoms with E-state index < -0.39 is 6.10 Å². The van der Waals surface area contributed by atoms with Crippen LogP contribution >= 0.6 is 11.3 Å². The molecule has 1 aliphatic rings. The van der Waals surface area contributed by atoms with E-state index in [2.05, 4.69) is 10.3 Å². The summed E-state index contributed by atoms with van der Waals surface area (Å²) >= 11 is 1.48. The Labute approximate surface area is 144 Å². The molecule has 0 radical (unpaired) electrons.